The topological polar surface area (TPSA) is 39.7 Å². The quantitative estimate of drug-likeness (QED) is 0.645. The summed E-state index contributed by atoms with van der Waals surface area (Å²) in [5, 5.41) is 7.06. The molecule has 0 aromatic heterocycles. The highest BCUT2D eigenvalue weighted by Gasteiger charge is 2.39. The van der Waals surface area contributed by atoms with Crippen LogP contribution in [0.2, 0.25) is 0 Å². The zero-order chi connectivity index (χ0) is 16.3. The highest BCUT2D eigenvalue weighted by molar-refractivity contribution is 5.79. The minimum atomic E-state index is 0.137. The molecule has 4 heteroatoms. The van der Waals surface area contributed by atoms with Crippen LogP contribution in [-0.4, -0.2) is 50.6 Å². The summed E-state index contributed by atoms with van der Waals surface area (Å²) in [5.41, 5.74) is 3.11. The van der Waals surface area contributed by atoms with E-state index in [4.69, 9.17) is 0 Å². The fraction of sp³-hybridized carbons (Fsp3) is 0.632. The van der Waals surface area contributed by atoms with Gasteiger partial charge >= 0.3 is 0 Å². The molecule has 0 saturated heterocycles. The molecule has 2 aliphatic rings. The molecule has 23 heavy (non-hydrogen) atoms. The number of guanidine groups is 1. The number of likely N-dealkylation sites (N-methyl/N-ethyl adjacent to an activating group) is 1. The van der Waals surface area contributed by atoms with Crippen molar-refractivity contribution in [3.63, 3.8) is 0 Å². The van der Waals surface area contributed by atoms with Crippen molar-refractivity contribution in [3.05, 3.63) is 35.4 Å². The first-order chi connectivity index (χ1) is 11.1. The van der Waals surface area contributed by atoms with Crippen molar-refractivity contribution < 1.29 is 0 Å². The van der Waals surface area contributed by atoms with Crippen molar-refractivity contribution in [2.24, 2.45) is 10.9 Å². The second kappa shape index (κ2) is 6.91. The van der Waals surface area contributed by atoms with Gasteiger partial charge in [0.15, 0.2) is 5.96 Å². The number of nitrogens with zero attached hydrogens (tertiary/aromatic N) is 2. The van der Waals surface area contributed by atoms with Crippen molar-refractivity contribution >= 4 is 5.96 Å². The summed E-state index contributed by atoms with van der Waals surface area (Å²) in [6.45, 7) is 1.97. The van der Waals surface area contributed by atoms with E-state index in [2.05, 4.69) is 58.9 Å². The molecule has 4 nitrogen and oxygen atoms in total. The third kappa shape index (κ3) is 3.52. The van der Waals surface area contributed by atoms with E-state index >= 15 is 0 Å². The summed E-state index contributed by atoms with van der Waals surface area (Å²) in [7, 11) is 6.25. The second-order valence-electron chi connectivity index (χ2n) is 7.34. The molecule has 1 fully saturated rings. The molecule has 1 aromatic carbocycles. The Kier molecular flexibility index (Phi) is 4.90. The molecule has 3 rings (SSSR count). The van der Waals surface area contributed by atoms with Crippen LogP contribution in [0.5, 0.6) is 0 Å². The molecule has 0 heterocycles. The molecular formula is C19H30N4. The summed E-state index contributed by atoms with van der Waals surface area (Å²) in [6.07, 6.45) is 6.31. The fourth-order valence-corrected chi connectivity index (χ4v) is 3.68. The Morgan fingerprint density at radius 2 is 1.83 bits per heavy atom. The van der Waals surface area contributed by atoms with E-state index in [-0.39, 0.29) is 5.54 Å². The van der Waals surface area contributed by atoms with Crippen LogP contribution >= 0.6 is 0 Å². The van der Waals surface area contributed by atoms with Crippen molar-refractivity contribution in [2.75, 3.05) is 34.2 Å². The van der Waals surface area contributed by atoms with Gasteiger partial charge in [-0.1, -0.05) is 30.7 Å². The molecule has 1 aromatic rings. The molecule has 2 N–H and O–H groups in total. The highest BCUT2D eigenvalue weighted by atomic mass is 15.2. The van der Waals surface area contributed by atoms with E-state index in [1.807, 2.05) is 7.05 Å². The van der Waals surface area contributed by atoms with E-state index in [1.165, 1.54) is 30.4 Å². The van der Waals surface area contributed by atoms with Gasteiger partial charge in [-0.25, -0.2) is 0 Å². The van der Waals surface area contributed by atoms with Gasteiger partial charge in [0.05, 0.1) is 0 Å². The van der Waals surface area contributed by atoms with Crippen LogP contribution in [0.1, 0.15) is 30.4 Å². The van der Waals surface area contributed by atoms with Crippen LogP contribution in [0.25, 0.3) is 0 Å². The van der Waals surface area contributed by atoms with E-state index < -0.39 is 0 Å². The van der Waals surface area contributed by atoms with Gasteiger partial charge in [0.1, 0.15) is 0 Å². The average molecular weight is 314 g/mol. The Balaban J connectivity index is 1.60. The molecule has 126 valence electrons. The molecule has 2 aliphatic carbocycles. The zero-order valence-corrected chi connectivity index (χ0v) is 14.7. The fourth-order valence-electron chi connectivity index (χ4n) is 3.68. The molecular weight excluding hydrogens is 284 g/mol. The standard InChI is InChI=1S/C19H30N4/c1-20-18(21-13-15-7-6-8-15)22-14-19(23(2)3)11-16-9-4-5-10-17(16)12-19/h4-5,9-10,15H,6-8,11-14H2,1-3H3,(H2,20,21,22). The average Bonchev–Trinajstić information content (AvgIpc) is 2.89. The van der Waals surface area contributed by atoms with Crippen LogP contribution < -0.4 is 10.6 Å². The normalized spacial score (nSPS) is 20.3. The number of benzene rings is 1. The molecule has 1 saturated carbocycles. The number of rotatable bonds is 5. The van der Waals surface area contributed by atoms with Gasteiger partial charge in [0, 0.05) is 25.7 Å². The van der Waals surface area contributed by atoms with Gasteiger partial charge in [-0.05, 0) is 56.8 Å². The molecule has 0 bridgehead atoms. The van der Waals surface area contributed by atoms with E-state index in [1.54, 1.807) is 0 Å². The Morgan fingerprint density at radius 3 is 2.30 bits per heavy atom. The summed E-state index contributed by atoms with van der Waals surface area (Å²) < 4.78 is 0. The lowest BCUT2D eigenvalue weighted by atomic mass is 9.85. The lowest BCUT2D eigenvalue weighted by Gasteiger charge is -2.37. The Bertz CT molecular complexity index is 535. The second-order valence-corrected chi connectivity index (χ2v) is 7.34. The smallest absolute Gasteiger partial charge is 0.191 e. The predicted octanol–water partition coefficient (Wildman–Crippen LogP) is 2.05. The van der Waals surface area contributed by atoms with Crippen molar-refractivity contribution in [3.8, 4) is 0 Å². The number of fused-ring (bicyclic) bond motifs is 1. The van der Waals surface area contributed by atoms with Crippen LogP contribution in [0.15, 0.2) is 29.3 Å². The number of hydrogen-bond donors (Lipinski definition) is 2. The van der Waals surface area contributed by atoms with Gasteiger partial charge in [0.25, 0.3) is 0 Å². The summed E-state index contributed by atoms with van der Waals surface area (Å²) in [5.74, 6) is 1.78. The minimum absolute atomic E-state index is 0.137. The Hall–Kier alpha value is -1.55. The lowest BCUT2D eigenvalue weighted by molar-refractivity contribution is 0.164. The largest absolute Gasteiger partial charge is 0.356 e. The van der Waals surface area contributed by atoms with Crippen molar-refractivity contribution in [1.29, 1.82) is 0 Å². The van der Waals surface area contributed by atoms with Gasteiger partial charge in [-0.2, -0.15) is 0 Å². The number of aliphatic imine (C=N–C) groups is 1. The molecule has 0 atom stereocenters. The summed E-state index contributed by atoms with van der Waals surface area (Å²) >= 11 is 0. The zero-order valence-electron chi connectivity index (χ0n) is 14.7. The van der Waals surface area contributed by atoms with Crippen LogP contribution in [0, 0.1) is 5.92 Å². The third-order valence-electron chi connectivity index (χ3n) is 5.70. The Morgan fingerprint density at radius 1 is 1.17 bits per heavy atom. The monoisotopic (exact) mass is 314 g/mol. The molecule has 0 amide bonds. The maximum Gasteiger partial charge on any atom is 0.191 e. The molecule has 0 aliphatic heterocycles. The first kappa shape index (κ1) is 16.3. The van der Waals surface area contributed by atoms with Gasteiger partial charge in [-0.15, -0.1) is 0 Å². The molecule has 0 radical (unpaired) electrons. The minimum Gasteiger partial charge on any atom is -0.356 e. The SMILES string of the molecule is CN=C(NCC1CCC1)NCC1(N(C)C)Cc2ccccc2C1. The predicted molar refractivity (Wildman–Crippen MR) is 97.0 cm³/mol. The van der Waals surface area contributed by atoms with Crippen LogP contribution in [0.4, 0.5) is 0 Å². The van der Waals surface area contributed by atoms with Gasteiger partial charge in [-0.3, -0.25) is 4.99 Å². The highest BCUT2D eigenvalue weighted by Crippen LogP contribution is 2.33. The maximum atomic E-state index is 4.39. The van der Waals surface area contributed by atoms with Crippen molar-refractivity contribution in [2.45, 2.75) is 37.6 Å². The summed E-state index contributed by atoms with van der Waals surface area (Å²) in [6, 6.07) is 8.84. The third-order valence-corrected chi connectivity index (χ3v) is 5.70. The van der Waals surface area contributed by atoms with Gasteiger partial charge in [0.2, 0.25) is 0 Å². The van der Waals surface area contributed by atoms with Crippen LogP contribution in [-0.2, 0) is 12.8 Å². The first-order valence-corrected chi connectivity index (χ1v) is 8.82. The van der Waals surface area contributed by atoms with Crippen molar-refractivity contribution in [1.82, 2.24) is 15.5 Å². The number of nitrogens with one attached hydrogen (secondary N) is 2. The van der Waals surface area contributed by atoms with E-state index in [9.17, 15) is 0 Å². The van der Waals surface area contributed by atoms with Crippen LogP contribution in [0.3, 0.4) is 0 Å². The molecule has 0 unspecified atom stereocenters. The first-order valence-electron chi connectivity index (χ1n) is 8.82. The Labute approximate surface area is 140 Å². The maximum absolute atomic E-state index is 4.39. The summed E-state index contributed by atoms with van der Waals surface area (Å²) in [4.78, 5) is 6.77. The van der Waals surface area contributed by atoms with E-state index in [0.29, 0.717) is 0 Å². The molecule has 0 spiro atoms. The van der Waals surface area contributed by atoms with E-state index in [0.717, 1.165) is 37.8 Å². The number of hydrogen-bond acceptors (Lipinski definition) is 2. The van der Waals surface area contributed by atoms with Gasteiger partial charge < -0.3 is 15.5 Å². The lowest BCUT2D eigenvalue weighted by Crippen LogP contribution is -2.55.